The van der Waals surface area contributed by atoms with Crippen LogP contribution in [0.4, 0.5) is 4.79 Å². The minimum absolute atomic E-state index is 0.193. The van der Waals surface area contributed by atoms with Crippen molar-refractivity contribution in [1.29, 1.82) is 0 Å². The number of carbonyl (C=O) groups excluding carboxylic acids is 1. The molecule has 0 aromatic carbocycles. The van der Waals surface area contributed by atoms with Crippen LogP contribution in [-0.2, 0) is 4.74 Å². The van der Waals surface area contributed by atoms with Crippen LogP contribution in [-0.4, -0.2) is 35.7 Å². The van der Waals surface area contributed by atoms with Crippen LogP contribution in [0.5, 0.6) is 0 Å². The Hall–Kier alpha value is -1.49. The number of carbonyl (C=O) groups is 1. The average molecular weight is 294 g/mol. The lowest BCUT2D eigenvalue weighted by Gasteiger charge is -2.34. The third kappa shape index (κ3) is 4.77. The normalized spacial score (nSPS) is 18.6. The molecular weight excluding hydrogens is 268 g/mol. The quantitative estimate of drug-likeness (QED) is 0.929. The van der Waals surface area contributed by atoms with Crippen LogP contribution in [0.1, 0.15) is 52.3 Å². The molecule has 21 heavy (non-hydrogen) atoms. The first-order chi connectivity index (χ1) is 9.85. The molecule has 1 N–H and O–H groups in total. The highest BCUT2D eigenvalue weighted by atomic mass is 16.6. The van der Waals surface area contributed by atoms with Gasteiger partial charge < -0.3 is 19.4 Å². The first-order valence-corrected chi connectivity index (χ1v) is 7.62. The fourth-order valence-electron chi connectivity index (χ4n) is 2.53. The van der Waals surface area contributed by atoms with Crippen LogP contribution >= 0.6 is 0 Å². The molecular formula is C16H26N2O3. The highest BCUT2D eigenvalue weighted by Gasteiger charge is 2.27. The van der Waals surface area contributed by atoms with Crippen molar-refractivity contribution in [2.24, 2.45) is 0 Å². The summed E-state index contributed by atoms with van der Waals surface area (Å²) >= 11 is 0. The first-order valence-electron chi connectivity index (χ1n) is 7.62. The van der Waals surface area contributed by atoms with E-state index in [0.29, 0.717) is 6.04 Å². The summed E-state index contributed by atoms with van der Waals surface area (Å²) in [4.78, 5) is 13.8. The van der Waals surface area contributed by atoms with Crippen molar-refractivity contribution in [2.75, 3.05) is 13.1 Å². The zero-order valence-corrected chi connectivity index (χ0v) is 13.4. The summed E-state index contributed by atoms with van der Waals surface area (Å²) in [6.07, 6.45) is 3.35. The molecule has 0 radical (unpaired) electrons. The molecule has 1 aromatic rings. The minimum atomic E-state index is -0.431. The molecule has 1 amide bonds. The summed E-state index contributed by atoms with van der Waals surface area (Å²) in [6, 6.07) is 4.48. The number of nitrogens with one attached hydrogen (secondary N) is 1. The van der Waals surface area contributed by atoms with Crippen LogP contribution in [0.15, 0.2) is 22.8 Å². The molecule has 0 aliphatic carbocycles. The van der Waals surface area contributed by atoms with Crippen molar-refractivity contribution in [2.45, 2.75) is 58.2 Å². The Morgan fingerprint density at radius 2 is 2.10 bits per heavy atom. The second-order valence-electron chi connectivity index (χ2n) is 6.65. The number of hydrogen-bond donors (Lipinski definition) is 1. The lowest BCUT2D eigenvalue weighted by atomic mass is 10.0. The predicted molar refractivity (Wildman–Crippen MR) is 81.1 cm³/mol. The third-order valence-electron chi connectivity index (χ3n) is 3.60. The standard InChI is InChI=1S/C16H26N2O3/c1-12(14-6-5-11-20-14)17-13-7-9-18(10-8-13)15(19)21-16(2,3)4/h5-6,11-13,17H,7-10H2,1-4H3/t12-/m1/s1. The van der Waals surface area contributed by atoms with Crippen LogP contribution in [0.25, 0.3) is 0 Å². The molecule has 5 nitrogen and oxygen atoms in total. The highest BCUT2D eigenvalue weighted by molar-refractivity contribution is 5.68. The average Bonchev–Trinajstić information content (AvgIpc) is 2.91. The van der Waals surface area contributed by atoms with Crippen molar-refractivity contribution < 1.29 is 13.9 Å². The second-order valence-corrected chi connectivity index (χ2v) is 6.65. The van der Waals surface area contributed by atoms with E-state index in [-0.39, 0.29) is 12.1 Å². The summed E-state index contributed by atoms with van der Waals surface area (Å²) < 4.78 is 10.8. The molecule has 0 unspecified atom stereocenters. The Morgan fingerprint density at radius 3 is 2.62 bits per heavy atom. The summed E-state index contributed by atoms with van der Waals surface area (Å²) in [7, 11) is 0. The molecule has 0 bridgehead atoms. The third-order valence-corrected chi connectivity index (χ3v) is 3.60. The predicted octanol–water partition coefficient (Wildman–Crippen LogP) is 3.33. The number of ether oxygens (including phenoxy) is 1. The number of furan rings is 1. The summed E-state index contributed by atoms with van der Waals surface area (Å²) in [5, 5.41) is 3.56. The molecule has 1 saturated heterocycles. The fourth-order valence-corrected chi connectivity index (χ4v) is 2.53. The van der Waals surface area contributed by atoms with Crippen LogP contribution in [0.3, 0.4) is 0 Å². The van der Waals surface area contributed by atoms with Crippen molar-refractivity contribution in [1.82, 2.24) is 10.2 Å². The minimum Gasteiger partial charge on any atom is -0.468 e. The van der Waals surface area contributed by atoms with Gasteiger partial charge in [-0.15, -0.1) is 0 Å². The van der Waals surface area contributed by atoms with Crippen molar-refractivity contribution >= 4 is 6.09 Å². The van der Waals surface area contributed by atoms with Gasteiger partial charge in [-0.25, -0.2) is 4.79 Å². The van der Waals surface area contributed by atoms with Gasteiger partial charge in [0, 0.05) is 19.1 Å². The van der Waals surface area contributed by atoms with E-state index in [4.69, 9.17) is 9.15 Å². The van der Waals surface area contributed by atoms with E-state index in [9.17, 15) is 4.79 Å². The molecule has 2 rings (SSSR count). The maximum atomic E-state index is 12.0. The van der Waals surface area contributed by atoms with Gasteiger partial charge in [0.25, 0.3) is 0 Å². The van der Waals surface area contributed by atoms with Crippen molar-refractivity contribution in [3.8, 4) is 0 Å². The Morgan fingerprint density at radius 1 is 1.43 bits per heavy atom. The number of likely N-dealkylation sites (tertiary alicyclic amines) is 1. The van der Waals surface area contributed by atoms with Crippen molar-refractivity contribution in [3.05, 3.63) is 24.2 Å². The highest BCUT2D eigenvalue weighted by Crippen LogP contribution is 2.19. The maximum Gasteiger partial charge on any atom is 0.410 e. The largest absolute Gasteiger partial charge is 0.468 e. The van der Waals surface area contributed by atoms with E-state index in [2.05, 4.69) is 12.2 Å². The molecule has 1 aliphatic rings. The zero-order valence-electron chi connectivity index (χ0n) is 13.4. The van der Waals surface area contributed by atoms with Crippen molar-refractivity contribution in [3.63, 3.8) is 0 Å². The van der Waals surface area contributed by atoms with Gasteiger partial charge in [-0.1, -0.05) is 0 Å². The fraction of sp³-hybridized carbons (Fsp3) is 0.688. The topological polar surface area (TPSA) is 54.7 Å². The van der Waals surface area contributed by atoms with Crippen LogP contribution < -0.4 is 5.32 Å². The van der Waals surface area contributed by atoms with Gasteiger partial charge in [-0.3, -0.25) is 0 Å². The Labute approximate surface area is 126 Å². The van der Waals surface area contributed by atoms with Gasteiger partial charge in [0.1, 0.15) is 11.4 Å². The number of hydrogen-bond acceptors (Lipinski definition) is 4. The van der Waals surface area contributed by atoms with E-state index >= 15 is 0 Å². The summed E-state index contributed by atoms with van der Waals surface area (Å²) in [5.41, 5.74) is -0.431. The van der Waals surface area contributed by atoms with Gasteiger partial charge in [0.15, 0.2) is 0 Å². The van der Waals surface area contributed by atoms with E-state index < -0.39 is 5.60 Å². The lowest BCUT2D eigenvalue weighted by Crippen LogP contribution is -2.46. The molecule has 5 heteroatoms. The molecule has 1 fully saturated rings. The molecule has 1 atom stereocenters. The lowest BCUT2D eigenvalue weighted by molar-refractivity contribution is 0.0195. The number of rotatable bonds is 3. The van der Waals surface area contributed by atoms with Gasteiger partial charge in [0.2, 0.25) is 0 Å². The van der Waals surface area contributed by atoms with E-state index in [1.165, 1.54) is 0 Å². The van der Waals surface area contributed by atoms with Crippen LogP contribution in [0.2, 0.25) is 0 Å². The summed E-state index contributed by atoms with van der Waals surface area (Å²) in [6.45, 7) is 9.24. The first kappa shape index (κ1) is 15.9. The molecule has 1 aromatic heterocycles. The van der Waals surface area contributed by atoms with Crippen LogP contribution in [0, 0.1) is 0 Å². The smallest absolute Gasteiger partial charge is 0.410 e. The van der Waals surface area contributed by atoms with E-state index in [0.717, 1.165) is 31.7 Å². The molecule has 0 spiro atoms. The number of nitrogens with zero attached hydrogens (tertiary/aromatic N) is 1. The second kappa shape index (κ2) is 6.52. The van der Waals surface area contributed by atoms with Gasteiger partial charge >= 0.3 is 6.09 Å². The van der Waals surface area contributed by atoms with Gasteiger partial charge in [-0.2, -0.15) is 0 Å². The van der Waals surface area contributed by atoms with E-state index in [1.807, 2.05) is 32.9 Å². The zero-order chi connectivity index (χ0) is 15.5. The number of amides is 1. The van der Waals surface area contributed by atoms with E-state index in [1.54, 1.807) is 11.2 Å². The Bertz CT molecular complexity index is 443. The summed E-state index contributed by atoms with van der Waals surface area (Å²) in [5.74, 6) is 0.949. The maximum absolute atomic E-state index is 12.0. The number of piperidine rings is 1. The SMILES string of the molecule is C[C@@H](NC1CCN(C(=O)OC(C)(C)C)CC1)c1ccco1. The molecule has 2 heterocycles. The Kier molecular flexibility index (Phi) is 4.93. The molecule has 0 saturated carbocycles. The molecule has 118 valence electrons. The van der Waals surface area contributed by atoms with Gasteiger partial charge in [-0.05, 0) is 52.7 Å². The monoisotopic (exact) mass is 294 g/mol. The van der Waals surface area contributed by atoms with Gasteiger partial charge in [0.05, 0.1) is 12.3 Å². The molecule has 1 aliphatic heterocycles. The Balaban J connectivity index is 1.77.